The van der Waals surface area contributed by atoms with Gasteiger partial charge in [-0.25, -0.2) is 14.7 Å². The number of fused-ring (bicyclic) bond motifs is 1. The van der Waals surface area contributed by atoms with E-state index in [1.54, 1.807) is 70.1 Å². The average molecular weight is 564 g/mol. The molecule has 12 nitrogen and oxygen atoms in total. The molecule has 40 heavy (non-hydrogen) atoms. The van der Waals surface area contributed by atoms with Crippen LogP contribution in [0, 0.1) is 0 Å². The summed E-state index contributed by atoms with van der Waals surface area (Å²) < 4.78 is 24.1. The third kappa shape index (κ3) is 6.21. The van der Waals surface area contributed by atoms with Gasteiger partial charge in [0.15, 0.2) is 28.1 Å². The molecular weight excluding hydrogens is 534 g/mol. The quantitative estimate of drug-likeness (QED) is 0.198. The Hall–Kier alpha value is -4.91. The summed E-state index contributed by atoms with van der Waals surface area (Å²) in [5.41, 5.74) is 6.51. The molecule has 13 heteroatoms. The van der Waals surface area contributed by atoms with Gasteiger partial charge in [-0.05, 0) is 45.1 Å². The summed E-state index contributed by atoms with van der Waals surface area (Å²) in [6, 6.07) is 5.32. The Morgan fingerprint density at radius 3 is 2.55 bits per heavy atom. The molecule has 0 aliphatic carbocycles. The molecule has 0 bridgehead atoms. The molecule has 0 atom stereocenters. The van der Waals surface area contributed by atoms with Crippen LogP contribution in [0.15, 0.2) is 65.5 Å². The first kappa shape index (κ1) is 28.1. The number of nitrogens with one attached hydrogen (secondary N) is 1. The maximum atomic E-state index is 13.1. The summed E-state index contributed by atoms with van der Waals surface area (Å²) in [7, 11) is 3.13. The van der Waals surface area contributed by atoms with Crippen LogP contribution in [0.5, 0.6) is 23.0 Å². The number of aliphatic imine (C=N–C) groups is 1. The highest BCUT2D eigenvalue weighted by atomic mass is 32.1. The van der Waals surface area contributed by atoms with Crippen molar-refractivity contribution in [3.8, 4) is 28.0 Å². The van der Waals surface area contributed by atoms with E-state index in [4.69, 9.17) is 24.7 Å². The van der Waals surface area contributed by atoms with Gasteiger partial charge in [0.05, 0.1) is 45.0 Å². The van der Waals surface area contributed by atoms with Gasteiger partial charge in [0.25, 0.3) is 5.91 Å². The summed E-state index contributed by atoms with van der Waals surface area (Å²) in [6.07, 6.45) is 9.73. The second-order valence-corrected chi connectivity index (χ2v) is 9.01. The lowest BCUT2D eigenvalue weighted by atomic mass is 10.2. The minimum Gasteiger partial charge on any atom is -0.493 e. The number of methoxy groups -OCH3 is 2. The van der Waals surface area contributed by atoms with Gasteiger partial charge in [-0.1, -0.05) is 11.3 Å². The van der Waals surface area contributed by atoms with Gasteiger partial charge in [0.2, 0.25) is 0 Å². The second kappa shape index (κ2) is 12.8. The lowest BCUT2D eigenvalue weighted by Crippen LogP contribution is -2.23. The molecule has 0 aliphatic heterocycles. The van der Waals surface area contributed by atoms with Crippen molar-refractivity contribution in [2.24, 2.45) is 4.99 Å². The maximum absolute atomic E-state index is 13.1. The Balaban J connectivity index is 1.52. The first-order valence-electron chi connectivity index (χ1n) is 12.2. The van der Waals surface area contributed by atoms with Crippen molar-refractivity contribution in [2.45, 2.75) is 20.8 Å². The molecule has 208 valence electrons. The number of allylic oxidation sites excluding steroid dienone is 3. The Morgan fingerprint density at radius 1 is 1.12 bits per heavy atom. The lowest BCUT2D eigenvalue weighted by Gasteiger charge is -2.12. The van der Waals surface area contributed by atoms with E-state index in [9.17, 15) is 4.79 Å². The van der Waals surface area contributed by atoms with Gasteiger partial charge in [-0.15, -0.1) is 0 Å². The normalized spacial score (nSPS) is 12.1. The highest BCUT2D eigenvalue weighted by Crippen LogP contribution is 2.35. The first-order valence-corrected chi connectivity index (χ1v) is 13.0. The first-order chi connectivity index (χ1) is 19.4. The Morgan fingerprint density at radius 2 is 1.90 bits per heavy atom. The molecule has 3 aromatic heterocycles. The van der Waals surface area contributed by atoms with Crippen LogP contribution in [0.4, 0.5) is 5.13 Å². The Kier molecular flexibility index (Phi) is 8.96. The number of nitrogens with zero attached hydrogens (tertiary/aromatic N) is 5. The molecule has 1 amide bonds. The van der Waals surface area contributed by atoms with Gasteiger partial charge < -0.3 is 30.0 Å². The second-order valence-electron chi connectivity index (χ2n) is 7.97. The number of hydrogen-bond donors (Lipinski definition) is 2. The summed E-state index contributed by atoms with van der Waals surface area (Å²) in [6.45, 7) is 5.75. The topological polar surface area (TPSA) is 148 Å². The van der Waals surface area contributed by atoms with Gasteiger partial charge in [-0.2, -0.15) is 5.10 Å². The number of carbonyl (C=O) groups excluding carboxylic acids is 1. The molecule has 0 aliphatic rings. The van der Waals surface area contributed by atoms with Crippen LogP contribution in [0.25, 0.3) is 15.9 Å². The highest BCUT2D eigenvalue weighted by molar-refractivity contribution is 7.17. The van der Waals surface area contributed by atoms with Gasteiger partial charge in [0, 0.05) is 17.6 Å². The van der Waals surface area contributed by atoms with E-state index in [0.717, 1.165) is 5.39 Å². The number of hydrogen-bond acceptors (Lipinski definition) is 11. The number of thiazole rings is 1. The summed E-state index contributed by atoms with van der Waals surface area (Å²) in [4.78, 5) is 26.0. The Bertz CT molecular complexity index is 1610. The lowest BCUT2D eigenvalue weighted by molar-refractivity contribution is 0.0956. The predicted octanol–water partition coefficient (Wildman–Crippen LogP) is 4.52. The third-order valence-electron chi connectivity index (χ3n) is 5.50. The number of pyridine rings is 1. The standard InChI is InChI=1S/C27H29N7O5S/c1-6-16(39-19-9-10-29-18-12-21(37-5)20(36-4)11-17(18)19)13-30-23(7-2)32-26(35)25-22(38-8-3)15-34(33-25)24-14-31-27(28)40-24/h6-7,9-15H,8H2,1-5H3,(H2,28,31)(H,32,35)/b16-6+,23-7+,30-13+. The fourth-order valence-electron chi connectivity index (χ4n) is 3.58. The smallest absolute Gasteiger partial charge is 0.281 e. The minimum atomic E-state index is -0.492. The molecule has 0 spiro atoms. The van der Waals surface area contributed by atoms with Crippen LogP contribution in [0.1, 0.15) is 31.3 Å². The SMILES string of the molecule is C\C=C(/N=C/C(=C\C)Oc1ccnc2cc(OC)c(OC)cc12)NC(=O)c1nn(-c2cnc(N)s2)cc1OCC. The highest BCUT2D eigenvalue weighted by Gasteiger charge is 2.20. The van der Waals surface area contributed by atoms with E-state index in [1.807, 2.05) is 13.8 Å². The van der Waals surface area contributed by atoms with Crippen LogP contribution < -0.4 is 30.0 Å². The number of anilines is 1. The number of ether oxygens (including phenoxy) is 4. The molecule has 4 aromatic rings. The number of amides is 1. The fraction of sp³-hybridized carbons (Fsp3) is 0.222. The van der Waals surface area contributed by atoms with Crippen LogP contribution in [0.3, 0.4) is 0 Å². The number of carbonyl (C=O) groups is 1. The fourth-order valence-corrected chi connectivity index (χ4v) is 4.20. The third-order valence-corrected chi connectivity index (χ3v) is 6.31. The summed E-state index contributed by atoms with van der Waals surface area (Å²) >= 11 is 1.24. The van der Waals surface area contributed by atoms with E-state index in [0.29, 0.717) is 51.0 Å². The van der Waals surface area contributed by atoms with Gasteiger partial charge in [-0.3, -0.25) is 9.78 Å². The van der Waals surface area contributed by atoms with Crippen LogP contribution in [0.2, 0.25) is 0 Å². The zero-order chi connectivity index (χ0) is 28.6. The Labute approximate surface area is 234 Å². The molecule has 0 radical (unpaired) electrons. The molecular formula is C27H29N7O5S. The monoisotopic (exact) mass is 563 g/mol. The predicted molar refractivity (Wildman–Crippen MR) is 154 cm³/mol. The van der Waals surface area contributed by atoms with Crippen LogP contribution in [-0.4, -0.2) is 52.7 Å². The molecule has 0 saturated carbocycles. The van der Waals surface area contributed by atoms with Crippen LogP contribution in [-0.2, 0) is 0 Å². The van der Waals surface area contributed by atoms with Crippen molar-refractivity contribution in [1.82, 2.24) is 25.1 Å². The molecule has 0 fully saturated rings. The number of benzene rings is 1. The molecule has 3 heterocycles. The van der Waals surface area contributed by atoms with E-state index >= 15 is 0 Å². The van der Waals surface area contributed by atoms with Crippen molar-refractivity contribution in [2.75, 3.05) is 26.6 Å². The molecule has 4 rings (SSSR count). The van der Waals surface area contributed by atoms with Crippen molar-refractivity contribution >= 4 is 39.5 Å². The van der Waals surface area contributed by atoms with Crippen LogP contribution >= 0.6 is 11.3 Å². The maximum Gasteiger partial charge on any atom is 0.281 e. The van der Waals surface area contributed by atoms with Gasteiger partial charge >= 0.3 is 0 Å². The van der Waals surface area contributed by atoms with Crippen molar-refractivity contribution in [3.05, 3.63) is 66.2 Å². The van der Waals surface area contributed by atoms with Crippen molar-refractivity contribution < 1.29 is 23.7 Å². The van der Waals surface area contributed by atoms with E-state index < -0.39 is 5.91 Å². The van der Waals surface area contributed by atoms with Crippen molar-refractivity contribution in [1.29, 1.82) is 0 Å². The zero-order valence-electron chi connectivity index (χ0n) is 22.7. The van der Waals surface area contributed by atoms with E-state index in [2.05, 4.69) is 25.4 Å². The molecule has 0 unspecified atom stereocenters. The van der Waals surface area contributed by atoms with E-state index in [-0.39, 0.29) is 11.5 Å². The van der Waals surface area contributed by atoms with Gasteiger partial charge in [0.1, 0.15) is 22.3 Å². The summed E-state index contributed by atoms with van der Waals surface area (Å²) in [5.74, 6) is 2.22. The number of rotatable bonds is 11. The minimum absolute atomic E-state index is 0.0958. The average Bonchev–Trinajstić information content (AvgIpc) is 3.60. The number of aromatic nitrogens is 4. The number of nitrogen functional groups attached to an aromatic ring is 1. The molecule has 3 N–H and O–H groups in total. The van der Waals surface area contributed by atoms with Crippen molar-refractivity contribution in [3.63, 3.8) is 0 Å². The largest absolute Gasteiger partial charge is 0.493 e. The number of nitrogens with two attached hydrogens (primary N) is 1. The molecule has 0 saturated heterocycles. The summed E-state index contributed by atoms with van der Waals surface area (Å²) in [5, 5.41) is 8.91. The van der Waals surface area contributed by atoms with E-state index in [1.165, 1.54) is 22.2 Å². The molecule has 1 aromatic carbocycles. The zero-order valence-corrected chi connectivity index (χ0v) is 23.5.